The fraction of sp³-hybridized carbons (Fsp3) is 0.615. The summed E-state index contributed by atoms with van der Waals surface area (Å²) in [6.45, 7) is 8.28. The zero-order valence-electron chi connectivity index (χ0n) is 10.3. The number of ether oxygens (including phenoxy) is 1. The second kappa shape index (κ2) is 4.83. The molecule has 0 amide bonds. The lowest BCUT2D eigenvalue weighted by Crippen LogP contribution is -2.45. The highest BCUT2D eigenvalue weighted by molar-refractivity contribution is 5.45. The van der Waals surface area contributed by atoms with Crippen LogP contribution in [0.3, 0.4) is 0 Å². The van der Waals surface area contributed by atoms with Crippen molar-refractivity contribution in [2.45, 2.75) is 39.4 Å². The molecule has 88 valence electrons. The topological polar surface area (TPSA) is 25.4 Å². The lowest BCUT2D eigenvalue weighted by molar-refractivity contribution is -0.00523. The third kappa shape index (κ3) is 2.53. The SMILES string of the molecule is CCc1ccc(N2CC(C)OC(C)C2)cn1. The molecule has 2 atom stereocenters. The van der Waals surface area contributed by atoms with Crippen LogP contribution in [0.25, 0.3) is 0 Å². The Morgan fingerprint density at radius 1 is 1.31 bits per heavy atom. The zero-order valence-corrected chi connectivity index (χ0v) is 10.3. The number of aryl methyl sites for hydroxylation is 1. The molecular formula is C13H20N2O. The van der Waals surface area contributed by atoms with E-state index in [9.17, 15) is 0 Å². The summed E-state index contributed by atoms with van der Waals surface area (Å²) in [6, 6.07) is 4.27. The molecule has 2 unspecified atom stereocenters. The first-order chi connectivity index (χ1) is 7.69. The molecule has 0 N–H and O–H groups in total. The highest BCUT2D eigenvalue weighted by Crippen LogP contribution is 2.19. The van der Waals surface area contributed by atoms with Crippen molar-refractivity contribution < 1.29 is 4.74 Å². The first kappa shape index (κ1) is 11.4. The zero-order chi connectivity index (χ0) is 11.5. The maximum atomic E-state index is 5.72. The normalized spacial score (nSPS) is 25.8. The Bertz CT molecular complexity index is 326. The van der Waals surface area contributed by atoms with Crippen LogP contribution < -0.4 is 4.90 Å². The lowest BCUT2D eigenvalue weighted by atomic mass is 10.2. The lowest BCUT2D eigenvalue weighted by Gasteiger charge is -2.36. The van der Waals surface area contributed by atoms with Crippen molar-refractivity contribution in [1.29, 1.82) is 0 Å². The van der Waals surface area contributed by atoms with Gasteiger partial charge in [0.2, 0.25) is 0 Å². The molecule has 0 radical (unpaired) electrons. The van der Waals surface area contributed by atoms with Gasteiger partial charge in [0.05, 0.1) is 24.1 Å². The van der Waals surface area contributed by atoms with Gasteiger partial charge in [-0.1, -0.05) is 6.92 Å². The Morgan fingerprint density at radius 3 is 2.50 bits per heavy atom. The van der Waals surface area contributed by atoms with Crippen molar-refractivity contribution in [1.82, 2.24) is 4.98 Å². The second-order valence-corrected chi connectivity index (χ2v) is 4.52. The molecule has 3 nitrogen and oxygen atoms in total. The van der Waals surface area contributed by atoms with E-state index >= 15 is 0 Å². The molecule has 1 saturated heterocycles. The molecule has 2 rings (SSSR count). The maximum Gasteiger partial charge on any atom is 0.0726 e. The molecule has 16 heavy (non-hydrogen) atoms. The molecule has 0 aromatic carbocycles. The van der Waals surface area contributed by atoms with E-state index in [1.54, 1.807) is 0 Å². The first-order valence-electron chi connectivity index (χ1n) is 6.04. The van der Waals surface area contributed by atoms with Gasteiger partial charge < -0.3 is 9.64 Å². The van der Waals surface area contributed by atoms with Gasteiger partial charge in [0.1, 0.15) is 0 Å². The van der Waals surface area contributed by atoms with Gasteiger partial charge in [-0.25, -0.2) is 0 Å². The van der Waals surface area contributed by atoms with Crippen LogP contribution in [0.2, 0.25) is 0 Å². The molecule has 1 aliphatic heterocycles. The number of morpholine rings is 1. The third-order valence-corrected chi connectivity index (χ3v) is 2.96. The van der Waals surface area contributed by atoms with Gasteiger partial charge >= 0.3 is 0 Å². The van der Waals surface area contributed by atoms with Gasteiger partial charge in [0, 0.05) is 18.8 Å². The van der Waals surface area contributed by atoms with Gasteiger partial charge in [0.15, 0.2) is 0 Å². The molecule has 0 saturated carbocycles. The molecule has 0 spiro atoms. The summed E-state index contributed by atoms with van der Waals surface area (Å²) in [5, 5.41) is 0. The highest BCUT2D eigenvalue weighted by Gasteiger charge is 2.22. The number of rotatable bonds is 2. The highest BCUT2D eigenvalue weighted by atomic mass is 16.5. The summed E-state index contributed by atoms with van der Waals surface area (Å²) in [7, 11) is 0. The van der Waals surface area contributed by atoms with Crippen molar-refractivity contribution in [3.8, 4) is 0 Å². The molecular weight excluding hydrogens is 200 g/mol. The van der Waals surface area contributed by atoms with E-state index in [0.717, 1.165) is 25.2 Å². The van der Waals surface area contributed by atoms with Crippen molar-refractivity contribution >= 4 is 5.69 Å². The minimum absolute atomic E-state index is 0.301. The van der Waals surface area contributed by atoms with E-state index in [0.29, 0.717) is 12.2 Å². The average Bonchev–Trinajstić information content (AvgIpc) is 2.28. The van der Waals surface area contributed by atoms with Crippen LogP contribution in [0.5, 0.6) is 0 Å². The molecule has 0 aliphatic carbocycles. The molecule has 2 heterocycles. The van der Waals surface area contributed by atoms with Gasteiger partial charge in [-0.15, -0.1) is 0 Å². The Morgan fingerprint density at radius 2 is 2.00 bits per heavy atom. The van der Waals surface area contributed by atoms with E-state index in [1.807, 2.05) is 6.20 Å². The van der Waals surface area contributed by atoms with E-state index in [-0.39, 0.29) is 0 Å². The van der Waals surface area contributed by atoms with E-state index < -0.39 is 0 Å². The fourth-order valence-electron chi connectivity index (χ4n) is 2.20. The van der Waals surface area contributed by atoms with Crippen LogP contribution in [0.4, 0.5) is 5.69 Å². The van der Waals surface area contributed by atoms with Crippen molar-refractivity contribution in [3.63, 3.8) is 0 Å². The fourth-order valence-corrected chi connectivity index (χ4v) is 2.20. The number of aromatic nitrogens is 1. The van der Waals surface area contributed by atoms with E-state index in [2.05, 4.69) is 42.8 Å². The summed E-state index contributed by atoms with van der Waals surface area (Å²) in [6.07, 6.45) is 3.57. The second-order valence-electron chi connectivity index (χ2n) is 4.52. The molecule has 1 aromatic heterocycles. The molecule has 1 fully saturated rings. The predicted molar refractivity (Wildman–Crippen MR) is 65.8 cm³/mol. The number of hydrogen-bond donors (Lipinski definition) is 0. The van der Waals surface area contributed by atoms with E-state index in [1.165, 1.54) is 5.69 Å². The van der Waals surface area contributed by atoms with Crippen molar-refractivity contribution in [3.05, 3.63) is 24.0 Å². The van der Waals surface area contributed by atoms with E-state index in [4.69, 9.17) is 4.74 Å². The number of nitrogens with zero attached hydrogens (tertiary/aromatic N) is 2. The maximum absolute atomic E-state index is 5.72. The Labute approximate surface area is 97.4 Å². The summed E-state index contributed by atoms with van der Waals surface area (Å²) in [5.74, 6) is 0. The Balaban J connectivity index is 2.10. The minimum atomic E-state index is 0.301. The van der Waals surface area contributed by atoms with Crippen LogP contribution in [-0.2, 0) is 11.2 Å². The van der Waals surface area contributed by atoms with Gasteiger partial charge in [-0.2, -0.15) is 0 Å². The molecule has 3 heteroatoms. The summed E-state index contributed by atoms with van der Waals surface area (Å²) in [5.41, 5.74) is 2.36. The quantitative estimate of drug-likeness (QED) is 0.764. The third-order valence-electron chi connectivity index (χ3n) is 2.96. The first-order valence-corrected chi connectivity index (χ1v) is 6.04. The van der Waals surface area contributed by atoms with Gasteiger partial charge in [-0.3, -0.25) is 4.98 Å². The molecule has 1 aromatic rings. The summed E-state index contributed by atoms with van der Waals surface area (Å²) >= 11 is 0. The smallest absolute Gasteiger partial charge is 0.0726 e. The predicted octanol–water partition coefficient (Wildman–Crippen LogP) is 2.26. The largest absolute Gasteiger partial charge is 0.372 e. The van der Waals surface area contributed by atoms with Crippen molar-refractivity contribution in [2.75, 3.05) is 18.0 Å². The van der Waals surface area contributed by atoms with Crippen LogP contribution in [-0.4, -0.2) is 30.3 Å². The number of pyridine rings is 1. The van der Waals surface area contributed by atoms with Crippen LogP contribution in [0, 0.1) is 0 Å². The standard InChI is InChI=1S/C13H20N2O/c1-4-12-5-6-13(7-14-12)15-8-10(2)16-11(3)9-15/h5-7,10-11H,4,8-9H2,1-3H3. The summed E-state index contributed by atoms with van der Waals surface area (Å²) in [4.78, 5) is 6.79. The van der Waals surface area contributed by atoms with Crippen molar-refractivity contribution in [2.24, 2.45) is 0 Å². The van der Waals surface area contributed by atoms with Gasteiger partial charge in [-0.05, 0) is 32.4 Å². The molecule has 1 aliphatic rings. The van der Waals surface area contributed by atoms with Crippen LogP contribution in [0.1, 0.15) is 26.5 Å². The van der Waals surface area contributed by atoms with Crippen LogP contribution >= 0.6 is 0 Å². The number of anilines is 1. The number of hydrogen-bond acceptors (Lipinski definition) is 3. The monoisotopic (exact) mass is 220 g/mol. The summed E-state index contributed by atoms with van der Waals surface area (Å²) < 4.78 is 5.72. The van der Waals surface area contributed by atoms with Gasteiger partial charge in [0.25, 0.3) is 0 Å². The Hall–Kier alpha value is -1.09. The average molecular weight is 220 g/mol. The van der Waals surface area contributed by atoms with Crippen LogP contribution in [0.15, 0.2) is 18.3 Å². The molecule has 0 bridgehead atoms. The minimum Gasteiger partial charge on any atom is -0.372 e. The Kier molecular flexibility index (Phi) is 3.44.